The maximum absolute atomic E-state index is 13.1. The summed E-state index contributed by atoms with van der Waals surface area (Å²) < 4.78 is 22.2. The zero-order valence-corrected chi connectivity index (χ0v) is 17.6. The summed E-state index contributed by atoms with van der Waals surface area (Å²) in [5.41, 5.74) is 2.79. The third-order valence-electron chi connectivity index (χ3n) is 5.72. The molecule has 0 amide bonds. The number of para-hydroxylation sites is 1. The van der Waals surface area contributed by atoms with E-state index in [1.807, 2.05) is 48.5 Å². The Bertz CT molecular complexity index is 1260. The predicted octanol–water partition coefficient (Wildman–Crippen LogP) is 4.76. The van der Waals surface area contributed by atoms with Gasteiger partial charge in [-0.1, -0.05) is 30.3 Å². The molecule has 0 saturated carbocycles. The Morgan fingerprint density at radius 3 is 2.44 bits per heavy atom. The molecule has 0 radical (unpaired) electrons. The number of methoxy groups -OCH3 is 2. The Kier molecular flexibility index (Phi) is 4.90. The van der Waals surface area contributed by atoms with Crippen LogP contribution in [-0.2, 0) is 4.79 Å². The maximum Gasteiger partial charge on any atom is 0.312 e. The highest BCUT2D eigenvalue weighted by atomic mass is 16.5. The number of Topliss-reactive ketones (excluding diaryl/α,β-unsaturated/α-hetero) is 1. The van der Waals surface area contributed by atoms with Crippen molar-refractivity contribution in [3.63, 3.8) is 0 Å². The molecule has 2 heterocycles. The molecule has 5 rings (SSSR count). The second-order valence-corrected chi connectivity index (χ2v) is 7.54. The molecule has 0 N–H and O–H groups in total. The summed E-state index contributed by atoms with van der Waals surface area (Å²) in [5.74, 6) is 1.55. The average Bonchev–Trinajstić information content (AvgIpc) is 3.14. The number of fused-ring (bicyclic) bond motifs is 3. The molecule has 0 aliphatic carbocycles. The zero-order valence-electron chi connectivity index (χ0n) is 17.6. The monoisotopic (exact) mass is 428 g/mol. The van der Waals surface area contributed by atoms with Crippen LogP contribution in [0.1, 0.15) is 39.4 Å². The van der Waals surface area contributed by atoms with Crippen molar-refractivity contribution in [1.82, 2.24) is 0 Å². The standard InChI is InChI=1S/C26H20O6/c1-29-17-9-7-15(8-10-17)19-14-23(27)31-21-12-11-18-25(28)22(32-26(18)24(19)21)13-16-5-3-4-6-20(16)30-2/h3-13,19H,14H2,1-2H3/b22-13-. The van der Waals surface area contributed by atoms with E-state index in [4.69, 9.17) is 18.9 Å². The Labute approximate surface area is 185 Å². The predicted molar refractivity (Wildman–Crippen MR) is 117 cm³/mol. The van der Waals surface area contributed by atoms with Crippen molar-refractivity contribution < 1.29 is 28.5 Å². The smallest absolute Gasteiger partial charge is 0.312 e. The molecule has 32 heavy (non-hydrogen) atoms. The molecule has 6 heteroatoms. The summed E-state index contributed by atoms with van der Waals surface area (Å²) in [5, 5.41) is 0. The van der Waals surface area contributed by atoms with Gasteiger partial charge in [0.15, 0.2) is 5.76 Å². The van der Waals surface area contributed by atoms with E-state index in [1.54, 1.807) is 32.4 Å². The number of esters is 1. The van der Waals surface area contributed by atoms with Crippen molar-refractivity contribution >= 4 is 17.8 Å². The Morgan fingerprint density at radius 2 is 1.69 bits per heavy atom. The fourth-order valence-corrected chi connectivity index (χ4v) is 4.15. The molecule has 3 aromatic carbocycles. The van der Waals surface area contributed by atoms with Crippen molar-refractivity contribution in [3.05, 3.63) is 88.7 Å². The lowest BCUT2D eigenvalue weighted by molar-refractivity contribution is -0.135. The van der Waals surface area contributed by atoms with E-state index in [0.29, 0.717) is 28.4 Å². The van der Waals surface area contributed by atoms with E-state index in [9.17, 15) is 9.59 Å². The fourth-order valence-electron chi connectivity index (χ4n) is 4.15. The Morgan fingerprint density at radius 1 is 0.906 bits per heavy atom. The van der Waals surface area contributed by atoms with Crippen molar-refractivity contribution in [2.75, 3.05) is 14.2 Å². The molecule has 3 aromatic rings. The van der Waals surface area contributed by atoms with Gasteiger partial charge in [-0.05, 0) is 42.0 Å². The number of ketones is 1. The van der Waals surface area contributed by atoms with Gasteiger partial charge in [0.05, 0.1) is 26.2 Å². The molecule has 0 saturated heterocycles. The minimum Gasteiger partial charge on any atom is -0.497 e. The molecule has 0 spiro atoms. The van der Waals surface area contributed by atoms with Crippen molar-refractivity contribution in [3.8, 4) is 23.0 Å². The van der Waals surface area contributed by atoms with Gasteiger partial charge >= 0.3 is 5.97 Å². The summed E-state index contributed by atoms with van der Waals surface area (Å²) >= 11 is 0. The molecular formula is C26H20O6. The molecule has 0 aromatic heterocycles. The highest BCUT2D eigenvalue weighted by Crippen LogP contribution is 2.49. The third kappa shape index (κ3) is 3.30. The molecule has 2 aliphatic rings. The first kappa shape index (κ1) is 19.9. The average molecular weight is 428 g/mol. The van der Waals surface area contributed by atoms with Gasteiger partial charge in [0, 0.05) is 17.0 Å². The summed E-state index contributed by atoms with van der Waals surface area (Å²) in [6.45, 7) is 0. The van der Waals surface area contributed by atoms with E-state index in [-0.39, 0.29) is 29.9 Å². The van der Waals surface area contributed by atoms with E-state index in [1.165, 1.54) is 0 Å². The topological polar surface area (TPSA) is 71.1 Å². The highest BCUT2D eigenvalue weighted by molar-refractivity contribution is 6.15. The van der Waals surface area contributed by atoms with Gasteiger partial charge in [0.25, 0.3) is 0 Å². The van der Waals surface area contributed by atoms with Crippen LogP contribution in [0.2, 0.25) is 0 Å². The fraction of sp³-hybridized carbons (Fsp3) is 0.154. The van der Waals surface area contributed by atoms with Crippen molar-refractivity contribution in [1.29, 1.82) is 0 Å². The van der Waals surface area contributed by atoms with E-state index in [2.05, 4.69) is 0 Å². The molecular weight excluding hydrogens is 408 g/mol. The number of hydrogen-bond donors (Lipinski definition) is 0. The third-order valence-corrected chi connectivity index (χ3v) is 5.72. The summed E-state index contributed by atoms with van der Waals surface area (Å²) in [7, 11) is 3.18. The van der Waals surface area contributed by atoms with Gasteiger partial charge < -0.3 is 18.9 Å². The van der Waals surface area contributed by atoms with E-state index < -0.39 is 0 Å². The molecule has 160 valence electrons. The highest BCUT2D eigenvalue weighted by Gasteiger charge is 2.38. The lowest BCUT2D eigenvalue weighted by atomic mass is 9.84. The first-order chi connectivity index (χ1) is 15.6. The molecule has 1 unspecified atom stereocenters. The number of benzene rings is 3. The quantitative estimate of drug-likeness (QED) is 0.339. The number of ether oxygens (including phenoxy) is 4. The van der Waals surface area contributed by atoms with Crippen LogP contribution in [0.4, 0.5) is 0 Å². The molecule has 1 atom stereocenters. The van der Waals surface area contributed by atoms with Crippen LogP contribution in [-0.4, -0.2) is 26.0 Å². The number of carbonyl (C=O) groups is 2. The lowest BCUT2D eigenvalue weighted by Gasteiger charge is -2.26. The van der Waals surface area contributed by atoms with Crippen molar-refractivity contribution in [2.45, 2.75) is 12.3 Å². The number of rotatable bonds is 4. The van der Waals surface area contributed by atoms with E-state index in [0.717, 1.165) is 16.9 Å². The maximum atomic E-state index is 13.1. The Hall–Kier alpha value is -4.06. The summed E-state index contributed by atoms with van der Waals surface area (Å²) in [6.07, 6.45) is 1.82. The van der Waals surface area contributed by atoms with Crippen LogP contribution in [0, 0.1) is 0 Å². The first-order valence-electron chi connectivity index (χ1n) is 10.2. The summed E-state index contributed by atoms with van der Waals surface area (Å²) in [4.78, 5) is 25.4. The Balaban J connectivity index is 1.60. The SMILES string of the molecule is COc1ccc(C2CC(=O)Oc3ccc4c(c32)O/C(=C\c2ccccc2OC)C4=O)cc1. The zero-order chi connectivity index (χ0) is 22.2. The minimum atomic E-state index is -0.327. The van der Waals surface area contributed by atoms with Gasteiger partial charge in [0.2, 0.25) is 5.78 Å². The minimum absolute atomic E-state index is 0.152. The number of allylic oxidation sites excluding steroid dienone is 1. The van der Waals surface area contributed by atoms with Gasteiger partial charge in [0.1, 0.15) is 23.0 Å². The van der Waals surface area contributed by atoms with Crippen LogP contribution in [0.3, 0.4) is 0 Å². The van der Waals surface area contributed by atoms with E-state index >= 15 is 0 Å². The second-order valence-electron chi connectivity index (χ2n) is 7.54. The first-order valence-corrected chi connectivity index (χ1v) is 10.2. The number of hydrogen-bond acceptors (Lipinski definition) is 6. The van der Waals surface area contributed by atoms with Crippen LogP contribution in [0.15, 0.2) is 66.4 Å². The molecule has 6 nitrogen and oxygen atoms in total. The van der Waals surface area contributed by atoms with Crippen molar-refractivity contribution in [2.24, 2.45) is 0 Å². The van der Waals surface area contributed by atoms with Gasteiger partial charge in [-0.2, -0.15) is 0 Å². The molecule has 2 aliphatic heterocycles. The van der Waals surface area contributed by atoms with Crippen LogP contribution >= 0.6 is 0 Å². The normalized spacial score (nSPS) is 17.9. The second kappa shape index (κ2) is 7.89. The van der Waals surface area contributed by atoms with Gasteiger partial charge in [-0.15, -0.1) is 0 Å². The molecule has 0 fully saturated rings. The van der Waals surface area contributed by atoms with Gasteiger partial charge in [-0.25, -0.2) is 0 Å². The van der Waals surface area contributed by atoms with Crippen LogP contribution in [0.5, 0.6) is 23.0 Å². The van der Waals surface area contributed by atoms with Crippen LogP contribution in [0.25, 0.3) is 6.08 Å². The summed E-state index contributed by atoms with van der Waals surface area (Å²) in [6, 6.07) is 18.2. The number of carbonyl (C=O) groups excluding carboxylic acids is 2. The molecule has 0 bridgehead atoms. The van der Waals surface area contributed by atoms with Gasteiger partial charge in [-0.3, -0.25) is 9.59 Å². The lowest BCUT2D eigenvalue weighted by Crippen LogP contribution is -2.21. The largest absolute Gasteiger partial charge is 0.497 e. The van der Waals surface area contributed by atoms with Crippen LogP contribution < -0.4 is 18.9 Å².